The summed E-state index contributed by atoms with van der Waals surface area (Å²) >= 11 is 0. The average Bonchev–Trinajstić information content (AvgIpc) is 2.60. The lowest BCUT2D eigenvalue weighted by Gasteiger charge is -2.26. The van der Waals surface area contributed by atoms with Gasteiger partial charge < -0.3 is 9.84 Å². The normalized spacial score (nSPS) is 35.7. The first-order valence-electron chi connectivity index (χ1n) is 5.09. The molecule has 0 aromatic heterocycles. The number of aliphatic hydroxyl groups is 1. The van der Waals surface area contributed by atoms with Crippen LogP contribution >= 0.6 is 0 Å². The Bertz CT molecular complexity index is 282. The van der Waals surface area contributed by atoms with Gasteiger partial charge >= 0.3 is 6.09 Å². The molecule has 0 radical (unpaired) electrons. The van der Waals surface area contributed by atoms with E-state index in [1.807, 2.05) is 6.08 Å². The highest BCUT2D eigenvalue weighted by atomic mass is 19.1. The van der Waals surface area contributed by atoms with E-state index in [9.17, 15) is 9.18 Å². The zero-order chi connectivity index (χ0) is 10.8. The van der Waals surface area contributed by atoms with Crippen LogP contribution in [0.3, 0.4) is 0 Å². The average molecular weight is 215 g/mol. The lowest BCUT2D eigenvalue weighted by Crippen LogP contribution is -2.38. The molecule has 0 aromatic rings. The molecule has 1 heterocycles. The van der Waals surface area contributed by atoms with E-state index in [-0.39, 0.29) is 12.6 Å². The van der Waals surface area contributed by atoms with E-state index >= 15 is 0 Å². The van der Waals surface area contributed by atoms with E-state index in [0.29, 0.717) is 19.4 Å². The van der Waals surface area contributed by atoms with Gasteiger partial charge in [-0.3, -0.25) is 4.90 Å². The quantitative estimate of drug-likeness (QED) is 0.695. The Kier molecular flexibility index (Phi) is 2.90. The summed E-state index contributed by atoms with van der Waals surface area (Å²) in [4.78, 5) is 12.9. The zero-order valence-electron chi connectivity index (χ0n) is 8.30. The highest BCUT2D eigenvalue weighted by Crippen LogP contribution is 2.23. The van der Waals surface area contributed by atoms with Crippen molar-refractivity contribution in [1.82, 2.24) is 4.90 Å². The Balaban J connectivity index is 2.01. The number of cyclic esters (lactones) is 1. The fraction of sp³-hybridized carbons (Fsp3) is 0.700. The Hall–Kier alpha value is -1.10. The summed E-state index contributed by atoms with van der Waals surface area (Å²) in [7, 11) is 0. The molecule has 2 aliphatic rings. The van der Waals surface area contributed by atoms with Crippen molar-refractivity contribution in [2.75, 3.05) is 13.2 Å². The number of alkyl halides is 1. The standard InChI is InChI=1S/C10H14FNO3/c11-7-2-1-3-8(4-7)12-5-9(6-13)15-10(12)14/h1,3,7-9,13H,2,4-6H2/t7?,8?,9-/m1/s1. The van der Waals surface area contributed by atoms with Crippen LogP contribution in [0.5, 0.6) is 0 Å². The largest absolute Gasteiger partial charge is 0.442 e. The molecule has 1 aliphatic heterocycles. The van der Waals surface area contributed by atoms with Crippen LogP contribution in [-0.2, 0) is 4.74 Å². The number of amides is 1. The molecule has 1 fully saturated rings. The molecule has 0 spiro atoms. The fourth-order valence-electron chi connectivity index (χ4n) is 1.96. The second kappa shape index (κ2) is 4.18. The summed E-state index contributed by atoms with van der Waals surface area (Å²) in [6, 6.07) is -0.224. The smallest absolute Gasteiger partial charge is 0.410 e. The lowest BCUT2D eigenvalue weighted by atomic mass is 10.00. The molecule has 1 aliphatic carbocycles. The molecule has 0 bridgehead atoms. The molecule has 2 rings (SSSR count). The molecule has 1 amide bonds. The minimum Gasteiger partial charge on any atom is -0.442 e. The van der Waals surface area contributed by atoms with Crippen LogP contribution in [0.4, 0.5) is 9.18 Å². The van der Waals surface area contributed by atoms with E-state index in [0.717, 1.165) is 0 Å². The minimum absolute atomic E-state index is 0.183. The number of hydrogen-bond donors (Lipinski definition) is 1. The van der Waals surface area contributed by atoms with E-state index < -0.39 is 18.4 Å². The topological polar surface area (TPSA) is 49.8 Å². The molecule has 5 heteroatoms. The summed E-state index contributed by atoms with van der Waals surface area (Å²) in [5.41, 5.74) is 0. The fourth-order valence-corrected chi connectivity index (χ4v) is 1.96. The van der Waals surface area contributed by atoms with Gasteiger partial charge in [-0.1, -0.05) is 12.2 Å². The van der Waals surface area contributed by atoms with Crippen LogP contribution in [-0.4, -0.2) is 47.6 Å². The number of carbonyl (C=O) groups is 1. The van der Waals surface area contributed by atoms with Gasteiger partial charge in [0.25, 0.3) is 0 Å². The van der Waals surface area contributed by atoms with Crippen LogP contribution in [0.1, 0.15) is 12.8 Å². The monoisotopic (exact) mass is 215 g/mol. The molecule has 3 atom stereocenters. The number of allylic oxidation sites excluding steroid dienone is 1. The Morgan fingerprint density at radius 3 is 3.07 bits per heavy atom. The van der Waals surface area contributed by atoms with Crippen LogP contribution in [0.25, 0.3) is 0 Å². The predicted octanol–water partition coefficient (Wildman–Crippen LogP) is 0.856. The molecule has 4 nitrogen and oxygen atoms in total. The van der Waals surface area contributed by atoms with Gasteiger partial charge in [0, 0.05) is 6.42 Å². The van der Waals surface area contributed by atoms with E-state index in [1.165, 1.54) is 4.90 Å². The van der Waals surface area contributed by atoms with Gasteiger partial charge in [-0.05, 0) is 6.42 Å². The molecular formula is C10H14FNO3. The maximum Gasteiger partial charge on any atom is 0.410 e. The molecular weight excluding hydrogens is 201 g/mol. The number of carbonyl (C=O) groups excluding carboxylic acids is 1. The van der Waals surface area contributed by atoms with Crippen molar-refractivity contribution >= 4 is 6.09 Å². The van der Waals surface area contributed by atoms with Gasteiger partial charge in [-0.2, -0.15) is 0 Å². The molecule has 84 valence electrons. The highest BCUT2D eigenvalue weighted by Gasteiger charge is 2.36. The first-order chi connectivity index (χ1) is 7.20. The van der Waals surface area contributed by atoms with Gasteiger partial charge in [0.05, 0.1) is 19.2 Å². The van der Waals surface area contributed by atoms with Crippen molar-refractivity contribution in [3.8, 4) is 0 Å². The van der Waals surface area contributed by atoms with Crippen LogP contribution in [0.2, 0.25) is 0 Å². The van der Waals surface area contributed by atoms with Crippen molar-refractivity contribution in [3.63, 3.8) is 0 Å². The first-order valence-corrected chi connectivity index (χ1v) is 5.09. The second-order valence-electron chi connectivity index (χ2n) is 3.90. The number of rotatable bonds is 2. The van der Waals surface area contributed by atoms with E-state index in [1.54, 1.807) is 6.08 Å². The maximum absolute atomic E-state index is 13.1. The van der Waals surface area contributed by atoms with Crippen LogP contribution in [0, 0.1) is 0 Å². The third-order valence-electron chi connectivity index (χ3n) is 2.75. The van der Waals surface area contributed by atoms with Gasteiger partial charge in [-0.15, -0.1) is 0 Å². The number of aliphatic hydroxyl groups excluding tert-OH is 1. The van der Waals surface area contributed by atoms with Crippen molar-refractivity contribution in [3.05, 3.63) is 12.2 Å². The Morgan fingerprint density at radius 1 is 1.67 bits per heavy atom. The van der Waals surface area contributed by atoms with Gasteiger partial charge in [0.2, 0.25) is 0 Å². The summed E-state index contributed by atoms with van der Waals surface area (Å²) in [5, 5.41) is 8.86. The number of hydrogen-bond acceptors (Lipinski definition) is 3. The number of nitrogens with zero attached hydrogens (tertiary/aromatic N) is 1. The number of ether oxygens (including phenoxy) is 1. The maximum atomic E-state index is 13.1. The molecule has 1 saturated heterocycles. The molecule has 2 unspecified atom stereocenters. The van der Waals surface area contributed by atoms with Gasteiger partial charge in [0.1, 0.15) is 12.3 Å². The molecule has 0 aromatic carbocycles. The van der Waals surface area contributed by atoms with Gasteiger partial charge in [0.15, 0.2) is 0 Å². The summed E-state index contributed by atoms with van der Waals surface area (Å²) in [6.07, 6.45) is 2.51. The minimum atomic E-state index is -0.888. The summed E-state index contributed by atoms with van der Waals surface area (Å²) in [6.45, 7) is 0.161. The van der Waals surface area contributed by atoms with Crippen LogP contribution in [0.15, 0.2) is 12.2 Å². The third-order valence-corrected chi connectivity index (χ3v) is 2.75. The molecule has 0 saturated carbocycles. The highest BCUT2D eigenvalue weighted by molar-refractivity contribution is 5.70. The first kappa shape index (κ1) is 10.4. The predicted molar refractivity (Wildman–Crippen MR) is 51.1 cm³/mol. The third kappa shape index (κ3) is 2.12. The lowest BCUT2D eigenvalue weighted by molar-refractivity contribution is 0.0940. The molecule has 1 N–H and O–H groups in total. The molecule has 15 heavy (non-hydrogen) atoms. The van der Waals surface area contributed by atoms with Crippen molar-refractivity contribution in [2.24, 2.45) is 0 Å². The van der Waals surface area contributed by atoms with Crippen LogP contribution < -0.4 is 0 Å². The summed E-state index contributed by atoms with van der Waals surface area (Å²) < 4.78 is 18.0. The van der Waals surface area contributed by atoms with Gasteiger partial charge in [-0.25, -0.2) is 9.18 Å². The Morgan fingerprint density at radius 2 is 2.47 bits per heavy atom. The SMILES string of the molecule is O=C1O[C@@H](CO)CN1C1C=CCC(F)C1. The van der Waals surface area contributed by atoms with E-state index in [2.05, 4.69) is 0 Å². The summed E-state index contributed by atoms with van der Waals surface area (Å²) in [5.74, 6) is 0. The number of halogens is 1. The van der Waals surface area contributed by atoms with Crippen molar-refractivity contribution in [1.29, 1.82) is 0 Å². The van der Waals surface area contributed by atoms with Crippen molar-refractivity contribution in [2.45, 2.75) is 31.2 Å². The zero-order valence-corrected chi connectivity index (χ0v) is 8.30. The van der Waals surface area contributed by atoms with E-state index in [4.69, 9.17) is 9.84 Å². The van der Waals surface area contributed by atoms with Crippen molar-refractivity contribution < 1.29 is 19.0 Å². The Labute approximate surface area is 87.3 Å². The second-order valence-corrected chi connectivity index (χ2v) is 3.90.